The molecule has 0 bridgehead atoms. The molecule has 4 heteroatoms. The summed E-state index contributed by atoms with van der Waals surface area (Å²) >= 11 is 0. The number of aromatic hydroxyl groups is 1. The van der Waals surface area contributed by atoms with Crippen molar-refractivity contribution in [3.63, 3.8) is 0 Å². The zero-order chi connectivity index (χ0) is 15.5. The lowest BCUT2D eigenvalue weighted by molar-refractivity contribution is 0.452. The highest BCUT2D eigenvalue weighted by molar-refractivity contribution is 6.14. The molecule has 1 aromatic carbocycles. The van der Waals surface area contributed by atoms with Gasteiger partial charge in [-0.2, -0.15) is 0 Å². The molecule has 22 heavy (non-hydrogen) atoms. The normalized spacial score (nSPS) is 10.5. The second-order valence-electron chi connectivity index (χ2n) is 5.21. The van der Waals surface area contributed by atoms with Gasteiger partial charge in [-0.1, -0.05) is 36.4 Å². The smallest absolute Gasteiger partial charge is 0.213 e. The average Bonchev–Trinajstić information content (AvgIpc) is 3.08. The van der Waals surface area contributed by atoms with Gasteiger partial charge in [0.2, 0.25) is 5.88 Å². The van der Waals surface area contributed by atoms with Crippen molar-refractivity contribution in [2.75, 3.05) is 19.0 Å². The van der Waals surface area contributed by atoms with Crippen LogP contribution in [0.4, 0.5) is 5.69 Å². The van der Waals surface area contributed by atoms with E-state index in [1.54, 1.807) is 0 Å². The maximum absolute atomic E-state index is 8.48. The molecule has 0 atom stereocenters. The molecule has 0 spiro atoms. The first-order chi connectivity index (χ1) is 10.7. The maximum Gasteiger partial charge on any atom is 0.213 e. The second kappa shape index (κ2) is 5.85. The Balaban J connectivity index is 0.000000174. The van der Waals surface area contributed by atoms with Gasteiger partial charge in [-0.15, -0.1) is 0 Å². The van der Waals surface area contributed by atoms with Crippen LogP contribution in [0.2, 0.25) is 0 Å². The number of nitrogens with zero attached hydrogens (tertiary/aromatic N) is 3. The van der Waals surface area contributed by atoms with Crippen molar-refractivity contribution in [1.29, 1.82) is 0 Å². The number of benzene rings is 2. The molecule has 2 aliphatic carbocycles. The summed E-state index contributed by atoms with van der Waals surface area (Å²) in [4.78, 5) is 9.17. The van der Waals surface area contributed by atoms with Gasteiger partial charge in [0.1, 0.15) is 6.33 Å². The zero-order valence-corrected chi connectivity index (χ0v) is 12.6. The van der Waals surface area contributed by atoms with Crippen LogP contribution in [-0.4, -0.2) is 29.2 Å². The fourth-order valence-corrected chi connectivity index (χ4v) is 2.44. The van der Waals surface area contributed by atoms with Gasteiger partial charge in [0, 0.05) is 37.6 Å². The summed E-state index contributed by atoms with van der Waals surface area (Å²) in [6.45, 7) is 0. The molecule has 0 fully saturated rings. The Kier molecular flexibility index (Phi) is 3.74. The molecule has 0 saturated carbocycles. The highest BCUT2D eigenvalue weighted by atomic mass is 16.3. The SMILES string of the molecule is CN(C)c1ccc2c(-c3ccccc3)c1-2.Oc1ccncn1. The van der Waals surface area contributed by atoms with Crippen molar-refractivity contribution < 1.29 is 5.11 Å². The molecule has 0 unspecified atom stereocenters. The molecule has 4 nitrogen and oxygen atoms in total. The van der Waals surface area contributed by atoms with Gasteiger partial charge in [0.25, 0.3) is 0 Å². The lowest BCUT2D eigenvalue weighted by Gasteiger charge is -2.09. The van der Waals surface area contributed by atoms with Crippen molar-refractivity contribution in [2.24, 2.45) is 0 Å². The Morgan fingerprint density at radius 3 is 2.23 bits per heavy atom. The predicted molar refractivity (Wildman–Crippen MR) is 88.9 cm³/mol. The maximum atomic E-state index is 8.48. The lowest BCUT2D eigenvalue weighted by Crippen LogP contribution is -2.07. The quantitative estimate of drug-likeness (QED) is 0.613. The fourth-order valence-electron chi connectivity index (χ4n) is 2.44. The second-order valence-corrected chi connectivity index (χ2v) is 5.21. The summed E-state index contributed by atoms with van der Waals surface area (Å²) in [5, 5.41) is 8.48. The average molecular weight is 291 g/mol. The van der Waals surface area contributed by atoms with Crippen LogP contribution in [0, 0.1) is 0 Å². The number of hydrogen-bond donors (Lipinski definition) is 1. The minimum absolute atomic E-state index is 0.00926. The van der Waals surface area contributed by atoms with Crippen molar-refractivity contribution in [1.82, 2.24) is 9.97 Å². The van der Waals surface area contributed by atoms with E-state index in [0.29, 0.717) is 0 Å². The zero-order valence-electron chi connectivity index (χ0n) is 12.6. The van der Waals surface area contributed by atoms with Gasteiger partial charge in [-0.3, -0.25) is 0 Å². The first-order valence-electron chi connectivity index (χ1n) is 7.03. The summed E-state index contributed by atoms with van der Waals surface area (Å²) in [5.41, 5.74) is 6.97. The van der Waals surface area contributed by atoms with Crippen LogP contribution in [0.3, 0.4) is 0 Å². The number of aromatic nitrogens is 2. The molecule has 1 heterocycles. The molecule has 1 aromatic heterocycles. The van der Waals surface area contributed by atoms with E-state index in [0.717, 1.165) is 0 Å². The van der Waals surface area contributed by atoms with E-state index in [1.165, 1.54) is 46.5 Å². The van der Waals surface area contributed by atoms with E-state index in [-0.39, 0.29) is 5.88 Å². The largest absolute Gasteiger partial charge is 0.493 e. The Hall–Kier alpha value is -2.88. The fraction of sp³-hybridized carbons (Fsp3) is 0.111. The number of rotatable bonds is 2. The van der Waals surface area contributed by atoms with Crippen LogP contribution in [0.25, 0.3) is 22.3 Å². The molecule has 1 N–H and O–H groups in total. The minimum Gasteiger partial charge on any atom is -0.493 e. The summed E-state index contributed by atoms with van der Waals surface area (Å²) in [5.74, 6) is 0.00926. The lowest BCUT2D eigenvalue weighted by atomic mass is 10.2. The summed E-state index contributed by atoms with van der Waals surface area (Å²) in [7, 11) is 4.19. The first kappa shape index (κ1) is 14.1. The monoisotopic (exact) mass is 291 g/mol. The van der Waals surface area contributed by atoms with Crippen LogP contribution in [0.5, 0.6) is 5.88 Å². The predicted octanol–water partition coefficient (Wildman–Crippen LogP) is 3.58. The molecule has 2 aliphatic rings. The van der Waals surface area contributed by atoms with E-state index >= 15 is 0 Å². The standard InChI is InChI=1S/C14H13N.C4H4N2O/c1-15(2)12-9-8-11-13(14(11)12)10-6-4-3-5-7-10;7-4-1-2-5-3-6-4/h3-9H,1-2H3;1-3H,(H,5,6,7). The highest BCUT2D eigenvalue weighted by Gasteiger charge is 2.29. The molecular weight excluding hydrogens is 274 g/mol. The van der Waals surface area contributed by atoms with Crippen LogP contribution in [0.1, 0.15) is 0 Å². The number of anilines is 1. The van der Waals surface area contributed by atoms with Gasteiger partial charge < -0.3 is 10.0 Å². The van der Waals surface area contributed by atoms with E-state index in [1.807, 2.05) is 0 Å². The van der Waals surface area contributed by atoms with Gasteiger partial charge >= 0.3 is 0 Å². The summed E-state index contributed by atoms with van der Waals surface area (Å²) in [6.07, 6.45) is 2.76. The molecule has 0 aliphatic heterocycles. The molecular formula is C18H17N3O. The minimum atomic E-state index is 0.00926. The van der Waals surface area contributed by atoms with E-state index in [9.17, 15) is 0 Å². The summed E-state index contributed by atoms with van der Waals surface area (Å²) < 4.78 is 0. The molecule has 0 radical (unpaired) electrons. The van der Waals surface area contributed by atoms with Gasteiger partial charge in [0.15, 0.2) is 0 Å². The van der Waals surface area contributed by atoms with Crippen LogP contribution in [-0.2, 0) is 0 Å². The van der Waals surface area contributed by atoms with Gasteiger partial charge in [-0.25, -0.2) is 9.97 Å². The van der Waals surface area contributed by atoms with E-state index in [2.05, 4.69) is 71.4 Å². The molecule has 110 valence electrons. The van der Waals surface area contributed by atoms with Crippen LogP contribution < -0.4 is 4.90 Å². The summed E-state index contributed by atoms with van der Waals surface area (Å²) in [6, 6.07) is 16.4. The van der Waals surface area contributed by atoms with Crippen LogP contribution >= 0.6 is 0 Å². The van der Waals surface area contributed by atoms with E-state index in [4.69, 9.17) is 5.11 Å². The highest BCUT2D eigenvalue weighted by Crippen LogP contribution is 2.56. The van der Waals surface area contributed by atoms with Crippen molar-refractivity contribution >= 4 is 5.69 Å². The van der Waals surface area contributed by atoms with Crippen molar-refractivity contribution in [3.8, 4) is 28.1 Å². The van der Waals surface area contributed by atoms with Crippen molar-refractivity contribution in [2.45, 2.75) is 0 Å². The number of fused-ring (bicyclic) bond motifs is 1. The third kappa shape index (κ3) is 2.76. The third-order valence-electron chi connectivity index (χ3n) is 3.50. The van der Waals surface area contributed by atoms with Gasteiger partial charge in [-0.05, 0) is 22.8 Å². The Morgan fingerprint density at radius 2 is 1.68 bits per heavy atom. The number of hydrogen-bond acceptors (Lipinski definition) is 4. The Morgan fingerprint density at radius 1 is 0.909 bits per heavy atom. The van der Waals surface area contributed by atoms with Crippen molar-refractivity contribution in [3.05, 3.63) is 61.1 Å². The Labute approximate surface area is 129 Å². The third-order valence-corrected chi connectivity index (χ3v) is 3.50. The molecule has 0 saturated heterocycles. The topological polar surface area (TPSA) is 49.2 Å². The first-order valence-corrected chi connectivity index (χ1v) is 7.03. The van der Waals surface area contributed by atoms with E-state index < -0.39 is 0 Å². The molecule has 2 aromatic rings. The molecule has 4 rings (SSSR count). The Bertz CT molecular complexity index is 771. The molecule has 0 amide bonds. The van der Waals surface area contributed by atoms with Crippen LogP contribution in [0.15, 0.2) is 61.1 Å². The van der Waals surface area contributed by atoms with Gasteiger partial charge in [0.05, 0.1) is 0 Å².